The smallest absolute Gasteiger partial charge is 0.149 e. The highest BCUT2D eigenvalue weighted by Crippen LogP contribution is 2.35. The fourth-order valence-electron chi connectivity index (χ4n) is 5.75. The lowest BCUT2D eigenvalue weighted by atomic mass is 9.82. The van der Waals surface area contributed by atoms with Gasteiger partial charge in [0.05, 0.1) is 24.8 Å². The molecule has 184 valence electrons. The first-order valence-electron chi connectivity index (χ1n) is 13.1. The topological polar surface area (TPSA) is 67.8 Å². The highest BCUT2D eigenvalue weighted by Gasteiger charge is 2.27. The average molecular weight is 467 g/mol. The molecule has 0 radical (unpaired) electrons. The second-order valence-corrected chi connectivity index (χ2v) is 10.4. The maximum atomic E-state index is 12.7. The van der Waals surface area contributed by atoms with Crippen LogP contribution in [0.2, 0.25) is 0 Å². The van der Waals surface area contributed by atoms with E-state index in [0.717, 1.165) is 100 Å². The third kappa shape index (κ3) is 5.87. The van der Waals surface area contributed by atoms with Crippen LogP contribution in [-0.4, -0.2) is 73.2 Å². The fraction of sp³-hybridized carbons (Fsp3) is 0.667. The number of benzene rings is 1. The van der Waals surface area contributed by atoms with E-state index >= 15 is 0 Å². The first-order valence-corrected chi connectivity index (χ1v) is 13.1. The summed E-state index contributed by atoms with van der Waals surface area (Å²) in [6.07, 6.45) is 11.6. The average Bonchev–Trinajstić information content (AvgIpc) is 2.87. The number of ether oxygens (including phenoxy) is 2. The summed E-state index contributed by atoms with van der Waals surface area (Å²) in [5.41, 5.74) is 2.82. The minimum Gasteiger partial charge on any atom is -0.488 e. The van der Waals surface area contributed by atoms with E-state index < -0.39 is 0 Å². The molecular weight excluding hydrogens is 428 g/mol. The summed E-state index contributed by atoms with van der Waals surface area (Å²) in [7, 11) is 2.17. The van der Waals surface area contributed by atoms with E-state index in [1.54, 1.807) is 12.4 Å². The Balaban J connectivity index is 1.17. The highest BCUT2D eigenvalue weighted by molar-refractivity contribution is 5.85. The van der Waals surface area contributed by atoms with Gasteiger partial charge in [0.15, 0.2) is 0 Å². The van der Waals surface area contributed by atoms with Crippen molar-refractivity contribution in [2.75, 3.05) is 51.3 Å². The summed E-state index contributed by atoms with van der Waals surface area (Å²) in [6, 6.07) is 4.23. The Kier molecular flexibility index (Phi) is 7.60. The summed E-state index contributed by atoms with van der Waals surface area (Å²) >= 11 is 0. The number of fused-ring (bicyclic) bond motifs is 1. The number of piperidine rings is 1. The van der Waals surface area contributed by atoms with E-state index in [4.69, 9.17) is 9.47 Å². The van der Waals surface area contributed by atoms with Gasteiger partial charge in [-0.25, -0.2) is 4.98 Å². The lowest BCUT2D eigenvalue weighted by Crippen LogP contribution is -2.36. The molecule has 3 fully saturated rings. The maximum absolute atomic E-state index is 12.7. The monoisotopic (exact) mass is 466 g/mol. The van der Waals surface area contributed by atoms with Crippen LogP contribution in [0.15, 0.2) is 24.5 Å². The van der Waals surface area contributed by atoms with E-state index in [2.05, 4.69) is 38.9 Å². The fourth-order valence-corrected chi connectivity index (χ4v) is 5.75. The maximum Gasteiger partial charge on any atom is 0.149 e. The van der Waals surface area contributed by atoms with Gasteiger partial charge in [-0.1, -0.05) is 0 Å². The molecule has 7 heteroatoms. The number of aromatic nitrogens is 2. The number of rotatable bonds is 7. The summed E-state index contributed by atoms with van der Waals surface area (Å²) in [5.74, 6) is 2.40. The number of likely N-dealkylation sites (tertiary alicyclic amines) is 1. The molecule has 0 amide bonds. The normalized spacial score (nSPS) is 24.9. The molecule has 34 heavy (non-hydrogen) atoms. The van der Waals surface area contributed by atoms with Gasteiger partial charge in [-0.2, -0.15) is 0 Å². The predicted molar refractivity (Wildman–Crippen MR) is 133 cm³/mol. The molecule has 0 bridgehead atoms. The van der Waals surface area contributed by atoms with Gasteiger partial charge in [-0.15, -0.1) is 0 Å². The van der Waals surface area contributed by atoms with Gasteiger partial charge in [0.1, 0.15) is 17.0 Å². The Labute approximate surface area is 202 Å². The largest absolute Gasteiger partial charge is 0.488 e. The lowest BCUT2D eigenvalue weighted by Gasteiger charge is -2.31. The number of ketones is 1. The van der Waals surface area contributed by atoms with Crippen molar-refractivity contribution in [1.82, 2.24) is 14.9 Å². The van der Waals surface area contributed by atoms with E-state index in [1.165, 1.54) is 12.8 Å². The van der Waals surface area contributed by atoms with Crippen LogP contribution in [0, 0.1) is 11.8 Å². The van der Waals surface area contributed by atoms with Gasteiger partial charge >= 0.3 is 0 Å². The second kappa shape index (κ2) is 11.0. The molecular formula is C27H38N4O3. The van der Waals surface area contributed by atoms with Crippen molar-refractivity contribution in [2.45, 2.75) is 57.5 Å². The van der Waals surface area contributed by atoms with Crippen LogP contribution >= 0.6 is 0 Å². The predicted octanol–water partition coefficient (Wildman–Crippen LogP) is 4.10. The molecule has 1 aliphatic carbocycles. The zero-order valence-electron chi connectivity index (χ0n) is 20.5. The molecule has 3 heterocycles. The van der Waals surface area contributed by atoms with Gasteiger partial charge in [0, 0.05) is 50.1 Å². The zero-order chi connectivity index (χ0) is 23.3. The Morgan fingerprint density at radius 3 is 2.35 bits per heavy atom. The van der Waals surface area contributed by atoms with Crippen LogP contribution in [0.4, 0.5) is 5.69 Å². The lowest BCUT2D eigenvalue weighted by molar-refractivity contribution is -0.121. The Morgan fingerprint density at radius 2 is 1.62 bits per heavy atom. The standard InChI is InChI=1S/C27H38N4O3/c1-30-10-6-21(7-11-30)17-23(32)16-20-2-4-24(5-3-20)34-26-19-22(31-12-14-33-15-13-31)18-25-27(26)29-9-8-28-25/h8-9,18-21,24H,2-7,10-17H2,1H3. The van der Waals surface area contributed by atoms with Crippen molar-refractivity contribution < 1.29 is 14.3 Å². The van der Waals surface area contributed by atoms with Gasteiger partial charge in [0.25, 0.3) is 0 Å². The van der Waals surface area contributed by atoms with Crippen molar-refractivity contribution in [1.29, 1.82) is 0 Å². The molecule has 0 N–H and O–H groups in total. The number of Topliss-reactive ketones (excluding diaryl/α,β-unsaturated/α-hetero) is 1. The van der Waals surface area contributed by atoms with Crippen molar-refractivity contribution in [3.63, 3.8) is 0 Å². The van der Waals surface area contributed by atoms with Crippen LogP contribution in [0.1, 0.15) is 51.4 Å². The summed E-state index contributed by atoms with van der Waals surface area (Å²) < 4.78 is 12.1. The first-order chi connectivity index (χ1) is 16.6. The number of nitrogens with zero attached hydrogens (tertiary/aromatic N) is 4. The van der Waals surface area contributed by atoms with Crippen molar-refractivity contribution in [3.05, 3.63) is 24.5 Å². The molecule has 3 aliphatic rings. The van der Waals surface area contributed by atoms with Crippen molar-refractivity contribution in [2.24, 2.45) is 11.8 Å². The van der Waals surface area contributed by atoms with Gasteiger partial charge in [0.2, 0.25) is 0 Å². The molecule has 0 spiro atoms. The number of anilines is 1. The minimum absolute atomic E-state index is 0.172. The van der Waals surface area contributed by atoms with Crippen LogP contribution < -0.4 is 9.64 Å². The molecule has 0 unspecified atom stereocenters. The molecule has 1 aromatic heterocycles. The molecule has 7 nitrogen and oxygen atoms in total. The van der Waals surface area contributed by atoms with E-state index in [0.29, 0.717) is 17.6 Å². The SMILES string of the molecule is CN1CCC(CC(=O)CC2CCC(Oc3cc(N4CCOCC4)cc4nccnc34)CC2)CC1. The van der Waals surface area contributed by atoms with Crippen LogP contribution in [0.5, 0.6) is 5.75 Å². The zero-order valence-corrected chi connectivity index (χ0v) is 20.5. The van der Waals surface area contributed by atoms with E-state index in [9.17, 15) is 4.79 Å². The van der Waals surface area contributed by atoms with Gasteiger partial charge in [-0.05, 0) is 76.6 Å². The van der Waals surface area contributed by atoms with E-state index in [-0.39, 0.29) is 6.10 Å². The number of hydrogen-bond acceptors (Lipinski definition) is 7. The van der Waals surface area contributed by atoms with Gasteiger partial charge in [-0.3, -0.25) is 9.78 Å². The number of carbonyl (C=O) groups excluding carboxylic acids is 1. The Hall–Kier alpha value is -2.25. The molecule has 1 aromatic carbocycles. The molecule has 2 saturated heterocycles. The van der Waals surface area contributed by atoms with Crippen LogP contribution in [-0.2, 0) is 9.53 Å². The van der Waals surface area contributed by atoms with Crippen molar-refractivity contribution in [3.8, 4) is 5.75 Å². The van der Waals surface area contributed by atoms with Gasteiger partial charge < -0.3 is 19.3 Å². The number of hydrogen-bond donors (Lipinski definition) is 0. The molecule has 2 aliphatic heterocycles. The number of morpholine rings is 1. The second-order valence-electron chi connectivity index (χ2n) is 10.4. The summed E-state index contributed by atoms with van der Waals surface area (Å²) in [5, 5.41) is 0. The highest BCUT2D eigenvalue weighted by atomic mass is 16.5. The first kappa shape index (κ1) is 23.5. The quantitative estimate of drug-likeness (QED) is 0.609. The molecule has 0 atom stereocenters. The van der Waals surface area contributed by atoms with Crippen molar-refractivity contribution >= 4 is 22.5 Å². The third-order valence-electron chi connectivity index (χ3n) is 7.86. The molecule has 2 aromatic rings. The summed E-state index contributed by atoms with van der Waals surface area (Å²) in [4.78, 5) is 26.5. The number of carbonyl (C=O) groups is 1. The third-order valence-corrected chi connectivity index (χ3v) is 7.86. The van der Waals surface area contributed by atoms with E-state index in [1.807, 2.05) is 0 Å². The summed E-state index contributed by atoms with van der Waals surface area (Å²) in [6.45, 7) is 5.51. The minimum atomic E-state index is 0.172. The Morgan fingerprint density at radius 1 is 0.941 bits per heavy atom. The van der Waals surface area contributed by atoms with Crippen LogP contribution in [0.3, 0.4) is 0 Å². The molecule has 1 saturated carbocycles. The Bertz CT molecular complexity index is 962. The molecule has 5 rings (SSSR count). The van der Waals surface area contributed by atoms with Crippen LogP contribution in [0.25, 0.3) is 11.0 Å².